The zero-order valence-corrected chi connectivity index (χ0v) is 11.7. The normalized spacial score (nSPS) is 15.7. The number of benzene rings is 1. The molecular formula is C16H16N2O3. The van der Waals surface area contributed by atoms with Crippen LogP contribution >= 0.6 is 0 Å². The number of methoxy groups -OCH3 is 1. The maximum atomic E-state index is 11.3. The first kappa shape index (κ1) is 13.7. The smallest absolute Gasteiger partial charge is 0.339 e. The van der Waals surface area contributed by atoms with E-state index in [4.69, 9.17) is 4.74 Å². The molecule has 1 saturated carbocycles. The van der Waals surface area contributed by atoms with Gasteiger partial charge in [-0.1, -0.05) is 30.3 Å². The SMILES string of the molecule is COC(c1ccccc1)c1ncc(C(=O)O)c(C2CC2)n1. The summed E-state index contributed by atoms with van der Waals surface area (Å²) in [5, 5.41) is 9.23. The molecule has 1 N–H and O–H groups in total. The van der Waals surface area contributed by atoms with E-state index in [0.717, 1.165) is 18.4 Å². The minimum Gasteiger partial charge on any atom is -0.478 e. The van der Waals surface area contributed by atoms with Gasteiger partial charge in [-0.05, 0) is 18.4 Å². The number of carboxylic acids is 1. The van der Waals surface area contributed by atoms with Crippen molar-refractivity contribution in [3.05, 3.63) is 59.2 Å². The van der Waals surface area contributed by atoms with Gasteiger partial charge < -0.3 is 9.84 Å². The lowest BCUT2D eigenvalue weighted by atomic mass is 10.1. The second kappa shape index (κ2) is 5.61. The van der Waals surface area contributed by atoms with Crippen molar-refractivity contribution in [2.45, 2.75) is 24.9 Å². The summed E-state index contributed by atoms with van der Waals surface area (Å²) in [6.07, 6.45) is 2.98. The molecular weight excluding hydrogens is 268 g/mol. The van der Waals surface area contributed by atoms with Gasteiger partial charge in [0, 0.05) is 19.2 Å². The molecule has 1 unspecified atom stereocenters. The Bertz CT molecular complexity index is 654. The highest BCUT2D eigenvalue weighted by Gasteiger charge is 2.31. The molecule has 108 valence electrons. The molecule has 0 bridgehead atoms. The van der Waals surface area contributed by atoms with Gasteiger partial charge in [-0.25, -0.2) is 14.8 Å². The topological polar surface area (TPSA) is 72.3 Å². The Balaban J connectivity index is 2.01. The summed E-state index contributed by atoms with van der Waals surface area (Å²) in [5.41, 5.74) is 1.78. The van der Waals surface area contributed by atoms with Crippen molar-refractivity contribution >= 4 is 5.97 Å². The summed E-state index contributed by atoms with van der Waals surface area (Å²) < 4.78 is 5.51. The highest BCUT2D eigenvalue weighted by molar-refractivity contribution is 5.88. The third kappa shape index (κ3) is 2.78. The van der Waals surface area contributed by atoms with Gasteiger partial charge in [-0.15, -0.1) is 0 Å². The molecule has 5 nitrogen and oxygen atoms in total. The van der Waals surface area contributed by atoms with Gasteiger partial charge in [-0.3, -0.25) is 0 Å². The second-order valence-corrected chi connectivity index (χ2v) is 5.13. The first-order valence-electron chi connectivity index (χ1n) is 6.88. The molecule has 1 fully saturated rings. The Morgan fingerprint density at radius 3 is 2.62 bits per heavy atom. The van der Waals surface area contributed by atoms with Gasteiger partial charge in [0.05, 0.1) is 11.3 Å². The van der Waals surface area contributed by atoms with Crippen LogP contribution in [0.1, 0.15) is 52.3 Å². The lowest BCUT2D eigenvalue weighted by molar-refractivity contribution is 0.0693. The van der Waals surface area contributed by atoms with Crippen molar-refractivity contribution in [3.63, 3.8) is 0 Å². The molecule has 0 amide bonds. The summed E-state index contributed by atoms with van der Waals surface area (Å²) >= 11 is 0. The van der Waals surface area contributed by atoms with Crippen LogP contribution in [0.2, 0.25) is 0 Å². The largest absolute Gasteiger partial charge is 0.478 e. The molecule has 0 radical (unpaired) electrons. The molecule has 0 saturated heterocycles. The monoisotopic (exact) mass is 284 g/mol. The molecule has 1 aliphatic carbocycles. The molecule has 2 aromatic rings. The fraction of sp³-hybridized carbons (Fsp3) is 0.312. The summed E-state index contributed by atoms with van der Waals surface area (Å²) in [6, 6.07) is 9.67. The third-order valence-corrected chi connectivity index (χ3v) is 3.60. The van der Waals surface area contributed by atoms with Crippen molar-refractivity contribution in [1.82, 2.24) is 9.97 Å². The maximum Gasteiger partial charge on any atom is 0.339 e. The molecule has 0 spiro atoms. The standard InChI is InChI=1S/C16H16N2O3/c1-21-14(11-5-3-2-4-6-11)15-17-9-12(16(19)20)13(18-15)10-7-8-10/h2-6,9-10,14H,7-8H2,1H3,(H,19,20). The van der Waals surface area contributed by atoms with Crippen LogP contribution in [0.3, 0.4) is 0 Å². The number of carbonyl (C=O) groups is 1. The van der Waals surface area contributed by atoms with Crippen molar-refractivity contribution in [3.8, 4) is 0 Å². The molecule has 21 heavy (non-hydrogen) atoms. The fourth-order valence-corrected chi connectivity index (χ4v) is 2.39. The van der Waals surface area contributed by atoms with E-state index in [2.05, 4.69) is 9.97 Å². The first-order chi connectivity index (χ1) is 10.2. The molecule has 0 aliphatic heterocycles. The molecule has 1 heterocycles. The van der Waals surface area contributed by atoms with E-state index in [9.17, 15) is 9.90 Å². The van der Waals surface area contributed by atoms with Crippen LogP contribution in [-0.4, -0.2) is 28.2 Å². The van der Waals surface area contributed by atoms with Crippen molar-refractivity contribution in [1.29, 1.82) is 0 Å². The van der Waals surface area contributed by atoms with Crippen molar-refractivity contribution in [2.24, 2.45) is 0 Å². The van der Waals surface area contributed by atoms with Crippen LogP contribution in [-0.2, 0) is 4.74 Å². The van der Waals surface area contributed by atoms with Crippen LogP contribution in [0.25, 0.3) is 0 Å². The molecule has 1 aromatic carbocycles. The van der Waals surface area contributed by atoms with E-state index in [1.807, 2.05) is 30.3 Å². The van der Waals surface area contributed by atoms with Gasteiger partial charge >= 0.3 is 5.97 Å². The predicted molar refractivity (Wildman–Crippen MR) is 76.3 cm³/mol. The van der Waals surface area contributed by atoms with Crippen LogP contribution in [0.5, 0.6) is 0 Å². The van der Waals surface area contributed by atoms with Crippen LogP contribution < -0.4 is 0 Å². The lowest BCUT2D eigenvalue weighted by Gasteiger charge is -2.15. The van der Waals surface area contributed by atoms with E-state index in [1.165, 1.54) is 6.20 Å². The highest BCUT2D eigenvalue weighted by atomic mass is 16.5. The number of aromatic carboxylic acids is 1. The summed E-state index contributed by atoms with van der Waals surface area (Å²) in [6.45, 7) is 0. The minimum atomic E-state index is -0.975. The average Bonchev–Trinajstić information content (AvgIpc) is 3.33. The fourth-order valence-electron chi connectivity index (χ4n) is 2.39. The van der Waals surface area contributed by atoms with Crippen LogP contribution in [0.4, 0.5) is 0 Å². The van der Waals surface area contributed by atoms with Gasteiger partial charge in [0.2, 0.25) is 0 Å². The van der Waals surface area contributed by atoms with Gasteiger partial charge in [0.25, 0.3) is 0 Å². The minimum absolute atomic E-state index is 0.198. The summed E-state index contributed by atoms with van der Waals surface area (Å²) in [5.74, 6) is -0.223. The predicted octanol–water partition coefficient (Wildman–Crippen LogP) is 2.79. The quantitative estimate of drug-likeness (QED) is 0.914. The van der Waals surface area contributed by atoms with Gasteiger partial charge in [0.15, 0.2) is 5.82 Å². The Hall–Kier alpha value is -2.27. The van der Waals surface area contributed by atoms with E-state index in [0.29, 0.717) is 11.5 Å². The van der Waals surface area contributed by atoms with E-state index in [1.54, 1.807) is 7.11 Å². The first-order valence-corrected chi connectivity index (χ1v) is 6.88. The Morgan fingerprint density at radius 1 is 1.33 bits per heavy atom. The molecule has 1 atom stereocenters. The summed E-state index contributed by atoms with van der Waals surface area (Å²) in [7, 11) is 1.60. The number of rotatable bonds is 5. The van der Waals surface area contributed by atoms with Crippen LogP contribution in [0, 0.1) is 0 Å². The van der Waals surface area contributed by atoms with Gasteiger partial charge in [-0.2, -0.15) is 0 Å². The summed E-state index contributed by atoms with van der Waals surface area (Å²) in [4.78, 5) is 20.0. The zero-order valence-electron chi connectivity index (χ0n) is 11.7. The Morgan fingerprint density at radius 2 is 2.05 bits per heavy atom. The zero-order chi connectivity index (χ0) is 14.8. The molecule has 3 rings (SSSR count). The average molecular weight is 284 g/mol. The second-order valence-electron chi connectivity index (χ2n) is 5.13. The highest BCUT2D eigenvalue weighted by Crippen LogP contribution is 2.41. The van der Waals surface area contributed by atoms with Crippen LogP contribution in [0.15, 0.2) is 36.5 Å². The van der Waals surface area contributed by atoms with Gasteiger partial charge in [0.1, 0.15) is 6.10 Å². The number of ether oxygens (including phenoxy) is 1. The van der Waals surface area contributed by atoms with E-state index in [-0.39, 0.29) is 17.6 Å². The maximum absolute atomic E-state index is 11.3. The number of hydrogen-bond acceptors (Lipinski definition) is 4. The third-order valence-electron chi connectivity index (χ3n) is 3.60. The molecule has 5 heteroatoms. The number of hydrogen-bond donors (Lipinski definition) is 1. The van der Waals surface area contributed by atoms with Crippen molar-refractivity contribution in [2.75, 3.05) is 7.11 Å². The molecule has 1 aliphatic rings. The van der Waals surface area contributed by atoms with E-state index >= 15 is 0 Å². The van der Waals surface area contributed by atoms with Crippen molar-refractivity contribution < 1.29 is 14.6 Å². The van der Waals surface area contributed by atoms with E-state index < -0.39 is 5.97 Å². The molecule has 1 aromatic heterocycles. The number of carboxylic acid groups (broad SMARTS) is 1. The Kier molecular flexibility index (Phi) is 3.66. The Labute approximate surface area is 122 Å². The number of aromatic nitrogens is 2. The number of nitrogens with zero attached hydrogens (tertiary/aromatic N) is 2. The lowest BCUT2D eigenvalue weighted by Crippen LogP contribution is -2.13.